The lowest BCUT2D eigenvalue weighted by Gasteiger charge is -2.35. The van der Waals surface area contributed by atoms with Gasteiger partial charge in [0, 0.05) is 42.8 Å². The maximum atomic E-state index is 4.49. The fourth-order valence-corrected chi connectivity index (χ4v) is 3.47. The van der Waals surface area contributed by atoms with Crippen molar-refractivity contribution in [1.29, 1.82) is 0 Å². The van der Waals surface area contributed by atoms with Crippen LogP contribution in [0.25, 0.3) is 0 Å². The van der Waals surface area contributed by atoms with Gasteiger partial charge in [-0.05, 0) is 38.8 Å². The lowest BCUT2D eigenvalue weighted by atomic mass is 9.98. The summed E-state index contributed by atoms with van der Waals surface area (Å²) >= 11 is 0. The molecule has 0 amide bonds. The lowest BCUT2D eigenvalue weighted by Crippen LogP contribution is -2.39. The summed E-state index contributed by atoms with van der Waals surface area (Å²) in [4.78, 5) is 2.63. The van der Waals surface area contributed by atoms with E-state index in [0.29, 0.717) is 6.04 Å². The lowest BCUT2D eigenvalue weighted by molar-refractivity contribution is 0.127. The molecule has 5 nitrogen and oxygen atoms in total. The molecule has 1 fully saturated rings. The summed E-state index contributed by atoms with van der Waals surface area (Å²) in [6.45, 7) is 9.95. The highest BCUT2D eigenvalue weighted by Gasteiger charge is 2.23. The summed E-state index contributed by atoms with van der Waals surface area (Å²) in [5.74, 6) is 0. The van der Waals surface area contributed by atoms with Crippen LogP contribution in [0.3, 0.4) is 0 Å². The van der Waals surface area contributed by atoms with Crippen LogP contribution in [-0.4, -0.2) is 37.0 Å². The monoisotopic (exact) mass is 313 g/mol. The number of hydrogen-bond acceptors (Lipinski definition) is 3. The molecule has 5 heteroatoms. The van der Waals surface area contributed by atoms with Gasteiger partial charge in [0.15, 0.2) is 0 Å². The number of aromatic nitrogens is 4. The molecule has 2 aromatic rings. The van der Waals surface area contributed by atoms with Gasteiger partial charge < -0.3 is 0 Å². The Balaban J connectivity index is 1.63. The Morgan fingerprint density at radius 1 is 1.35 bits per heavy atom. The highest BCUT2D eigenvalue weighted by molar-refractivity contribution is 5.16. The zero-order valence-corrected chi connectivity index (χ0v) is 14.1. The smallest absolute Gasteiger partial charge is 0.0590 e. The predicted octanol–water partition coefficient (Wildman–Crippen LogP) is 3.02. The van der Waals surface area contributed by atoms with Crippen LogP contribution in [0, 0.1) is 6.92 Å². The number of allylic oxidation sites excluding steroid dienone is 1. The molecular formula is C18H27N5. The Morgan fingerprint density at radius 3 is 3.04 bits per heavy atom. The normalized spacial score (nSPS) is 19.1. The van der Waals surface area contributed by atoms with Crippen LogP contribution in [0.1, 0.15) is 36.9 Å². The molecule has 0 saturated carbocycles. The second-order valence-corrected chi connectivity index (χ2v) is 6.40. The van der Waals surface area contributed by atoms with E-state index < -0.39 is 0 Å². The third-order valence-corrected chi connectivity index (χ3v) is 4.88. The van der Waals surface area contributed by atoms with Crippen LogP contribution in [0.5, 0.6) is 0 Å². The van der Waals surface area contributed by atoms with Crippen molar-refractivity contribution < 1.29 is 0 Å². The predicted molar refractivity (Wildman–Crippen MR) is 92.1 cm³/mol. The highest BCUT2D eigenvalue weighted by Crippen LogP contribution is 2.23. The number of rotatable bonds is 7. The molecule has 23 heavy (non-hydrogen) atoms. The second kappa shape index (κ2) is 7.59. The highest BCUT2D eigenvalue weighted by atomic mass is 15.3. The van der Waals surface area contributed by atoms with Gasteiger partial charge in [-0.3, -0.25) is 14.3 Å². The first kappa shape index (κ1) is 16.0. The van der Waals surface area contributed by atoms with Crippen molar-refractivity contribution >= 4 is 0 Å². The average molecular weight is 313 g/mol. The number of likely N-dealkylation sites (tertiary alicyclic amines) is 1. The van der Waals surface area contributed by atoms with Gasteiger partial charge in [-0.15, -0.1) is 6.58 Å². The van der Waals surface area contributed by atoms with Gasteiger partial charge in [0.05, 0.1) is 12.7 Å². The van der Waals surface area contributed by atoms with Crippen molar-refractivity contribution in [2.75, 3.05) is 6.54 Å². The van der Waals surface area contributed by atoms with Crippen molar-refractivity contribution in [3.05, 3.63) is 48.6 Å². The largest absolute Gasteiger partial charge is 0.296 e. The molecule has 1 aliphatic heterocycles. The fraction of sp³-hybridized carbons (Fsp3) is 0.556. The quantitative estimate of drug-likeness (QED) is 0.738. The summed E-state index contributed by atoms with van der Waals surface area (Å²) in [6, 6.07) is 2.64. The van der Waals surface area contributed by atoms with Crippen LogP contribution in [-0.2, 0) is 19.6 Å². The first-order valence-corrected chi connectivity index (χ1v) is 8.61. The van der Waals surface area contributed by atoms with E-state index in [1.54, 1.807) is 0 Å². The van der Waals surface area contributed by atoms with Gasteiger partial charge >= 0.3 is 0 Å². The minimum atomic E-state index is 0.648. The molecule has 124 valence electrons. The Bertz CT molecular complexity index is 613. The zero-order valence-electron chi connectivity index (χ0n) is 14.1. The van der Waals surface area contributed by atoms with E-state index in [1.165, 1.54) is 43.5 Å². The van der Waals surface area contributed by atoms with Gasteiger partial charge in [-0.1, -0.05) is 12.5 Å². The first-order valence-electron chi connectivity index (χ1n) is 8.61. The SMILES string of the molecule is C=CCn1ncc(CN2CCCC[C@H]2CCn2cccn2)c1C. The third kappa shape index (κ3) is 3.91. The standard InChI is InChI=1S/C18H27N5/c1-3-10-23-16(2)17(14-20-23)15-21-11-5-4-7-18(21)8-13-22-12-6-9-19-22/h3,6,9,12,14,18H,1,4-5,7-8,10-11,13,15H2,2H3/t18-/m0/s1. The average Bonchev–Trinajstić information content (AvgIpc) is 3.19. The molecule has 0 bridgehead atoms. The van der Waals surface area contributed by atoms with E-state index in [4.69, 9.17) is 0 Å². The minimum absolute atomic E-state index is 0.648. The van der Waals surface area contributed by atoms with Crippen LogP contribution < -0.4 is 0 Å². The number of piperidine rings is 1. The molecule has 1 aliphatic rings. The minimum Gasteiger partial charge on any atom is -0.296 e. The summed E-state index contributed by atoms with van der Waals surface area (Å²) in [7, 11) is 0. The van der Waals surface area contributed by atoms with Crippen molar-refractivity contribution in [3.8, 4) is 0 Å². The molecule has 0 spiro atoms. The van der Waals surface area contributed by atoms with E-state index in [1.807, 2.05) is 33.9 Å². The maximum absolute atomic E-state index is 4.49. The number of hydrogen-bond donors (Lipinski definition) is 0. The van der Waals surface area contributed by atoms with Gasteiger partial charge in [0.25, 0.3) is 0 Å². The van der Waals surface area contributed by atoms with Crippen LogP contribution in [0.15, 0.2) is 37.3 Å². The molecule has 0 aliphatic carbocycles. The van der Waals surface area contributed by atoms with Crippen LogP contribution in [0.4, 0.5) is 0 Å². The molecule has 1 saturated heterocycles. The Labute approximate surface area is 138 Å². The molecule has 3 heterocycles. The molecule has 2 aromatic heterocycles. The molecule has 1 atom stereocenters. The van der Waals surface area contributed by atoms with E-state index in [9.17, 15) is 0 Å². The summed E-state index contributed by atoms with van der Waals surface area (Å²) < 4.78 is 4.07. The van der Waals surface area contributed by atoms with Gasteiger partial charge in [-0.25, -0.2) is 0 Å². The molecule has 0 aromatic carbocycles. The summed E-state index contributed by atoms with van der Waals surface area (Å²) in [6.07, 6.45) is 12.9. The number of nitrogens with zero attached hydrogens (tertiary/aromatic N) is 5. The second-order valence-electron chi connectivity index (χ2n) is 6.40. The molecule has 0 unspecified atom stereocenters. The third-order valence-electron chi connectivity index (χ3n) is 4.88. The first-order chi connectivity index (χ1) is 11.3. The van der Waals surface area contributed by atoms with Crippen molar-refractivity contribution in [2.24, 2.45) is 0 Å². The van der Waals surface area contributed by atoms with E-state index in [-0.39, 0.29) is 0 Å². The molecule has 0 N–H and O–H groups in total. The zero-order chi connectivity index (χ0) is 16.1. The van der Waals surface area contributed by atoms with Gasteiger partial charge in [0.1, 0.15) is 0 Å². The maximum Gasteiger partial charge on any atom is 0.0590 e. The summed E-state index contributed by atoms with van der Waals surface area (Å²) in [5, 5.41) is 8.81. The Hall–Kier alpha value is -1.88. The van der Waals surface area contributed by atoms with Crippen LogP contribution >= 0.6 is 0 Å². The molecular weight excluding hydrogens is 286 g/mol. The summed E-state index contributed by atoms with van der Waals surface area (Å²) in [5.41, 5.74) is 2.61. The van der Waals surface area contributed by atoms with E-state index in [2.05, 4.69) is 34.8 Å². The van der Waals surface area contributed by atoms with Crippen molar-refractivity contribution in [1.82, 2.24) is 24.5 Å². The van der Waals surface area contributed by atoms with E-state index in [0.717, 1.165) is 19.6 Å². The van der Waals surface area contributed by atoms with E-state index >= 15 is 0 Å². The van der Waals surface area contributed by atoms with Crippen molar-refractivity contribution in [3.63, 3.8) is 0 Å². The van der Waals surface area contributed by atoms with Gasteiger partial charge in [-0.2, -0.15) is 10.2 Å². The van der Waals surface area contributed by atoms with Crippen molar-refractivity contribution in [2.45, 2.75) is 58.3 Å². The molecule has 3 rings (SSSR count). The van der Waals surface area contributed by atoms with Gasteiger partial charge in [0.2, 0.25) is 0 Å². The Kier molecular flexibility index (Phi) is 5.28. The molecule has 0 radical (unpaired) electrons. The topological polar surface area (TPSA) is 38.9 Å². The van der Waals surface area contributed by atoms with Crippen LogP contribution in [0.2, 0.25) is 0 Å². The fourth-order valence-electron chi connectivity index (χ4n) is 3.47. The number of aryl methyl sites for hydroxylation is 1. The Morgan fingerprint density at radius 2 is 2.26 bits per heavy atom.